The van der Waals surface area contributed by atoms with Gasteiger partial charge in [-0.15, -0.1) is 0 Å². The molecule has 0 unspecified atom stereocenters. The topological polar surface area (TPSA) is 154 Å². The van der Waals surface area contributed by atoms with Gasteiger partial charge in [-0.05, 0) is 61.9 Å². The molecule has 15 heteroatoms. The summed E-state index contributed by atoms with van der Waals surface area (Å²) < 4.78 is 47.4. The molecule has 0 bridgehead atoms. The number of hydrogen-bond acceptors (Lipinski definition) is 8. The third kappa shape index (κ3) is 6.54. The number of nitrogens with zero attached hydrogens (tertiary/aromatic N) is 2. The van der Waals surface area contributed by atoms with E-state index in [1.165, 1.54) is 15.9 Å². The van der Waals surface area contributed by atoms with Crippen LogP contribution in [0.1, 0.15) is 68.9 Å². The van der Waals surface area contributed by atoms with Gasteiger partial charge >= 0.3 is 6.09 Å². The van der Waals surface area contributed by atoms with Crippen molar-refractivity contribution in [1.82, 2.24) is 24.7 Å². The predicted octanol–water partition coefficient (Wildman–Crippen LogP) is 2.36. The Morgan fingerprint density at radius 2 is 1.91 bits per heavy atom. The molecular formula is C30H37ClFN5O7S. The number of hydrogen-bond donors (Lipinski definition) is 3. The summed E-state index contributed by atoms with van der Waals surface area (Å²) in [5, 5.41) is 2.16. The summed E-state index contributed by atoms with van der Waals surface area (Å²) in [6.07, 6.45) is 6.82. The number of benzene rings is 1. The van der Waals surface area contributed by atoms with Crippen molar-refractivity contribution >= 4 is 45.6 Å². The molecule has 0 spiro atoms. The second-order valence-electron chi connectivity index (χ2n) is 12.7. The van der Waals surface area contributed by atoms with Gasteiger partial charge < -0.3 is 15.0 Å². The molecule has 2 aliphatic carbocycles. The zero-order chi connectivity index (χ0) is 31.9. The van der Waals surface area contributed by atoms with Gasteiger partial charge in [-0.3, -0.25) is 24.0 Å². The first-order chi connectivity index (χ1) is 21.5. The third-order valence-electron chi connectivity index (χ3n) is 9.43. The van der Waals surface area contributed by atoms with Crippen molar-refractivity contribution in [2.75, 3.05) is 6.54 Å². The van der Waals surface area contributed by atoms with Gasteiger partial charge in [-0.2, -0.15) is 0 Å². The number of carbonyl (C=O) groups is 4. The van der Waals surface area contributed by atoms with Crippen LogP contribution >= 0.6 is 11.8 Å². The maximum Gasteiger partial charge on any atom is 0.410 e. The Kier molecular flexibility index (Phi) is 8.83. The summed E-state index contributed by atoms with van der Waals surface area (Å²) in [7, 11) is -3.87. The van der Waals surface area contributed by atoms with Gasteiger partial charge in [0, 0.05) is 24.4 Å². The van der Waals surface area contributed by atoms with Crippen molar-refractivity contribution in [3.8, 4) is 0 Å². The van der Waals surface area contributed by atoms with Crippen LogP contribution in [0.2, 0.25) is 0 Å². The molecular weight excluding hydrogens is 629 g/mol. The van der Waals surface area contributed by atoms with Gasteiger partial charge in [0.1, 0.15) is 29.5 Å². The Bertz CT molecular complexity index is 1520. The monoisotopic (exact) mass is 665 g/mol. The molecule has 3 N–H and O–H groups in total. The quantitative estimate of drug-likeness (QED) is 0.320. The summed E-state index contributed by atoms with van der Waals surface area (Å²) >= 11 is 5.99. The fraction of sp³-hybridized carbons (Fsp3) is 0.600. The molecule has 1 saturated heterocycles. The average Bonchev–Trinajstić information content (AvgIpc) is 3.88. The predicted molar refractivity (Wildman–Crippen MR) is 160 cm³/mol. The lowest BCUT2D eigenvalue weighted by atomic mass is 10.1. The molecule has 0 radical (unpaired) electrons. The van der Waals surface area contributed by atoms with Crippen molar-refractivity contribution in [3.05, 3.63) is 47.3 Å². The molecule has 3 fully saturated rings. The molecule has 5 atom stereocenters. The van der Waals surface area contributed by atoms with E-state index >= 15 is 0 Å². The maximum absolute atomic E-state index is 14.3. The van der Waals surface area contributed by atoms with Gasteiger partial charge in [0.2, 0.25) is 21.8 Å². The Labute approximate surface area is 266 Å². The normalized spacial score (nSPS) is 31.1. The highest BCUT2D eigenvalue weighted by Gasteiger charge is 2.62. The van der Waals surface area contributed by atoms with Gasteiger partial charge in [0.15, 0.2) is 0 Å². The Hall–Kier alpha value is -3.23. The molecule has 2 saturated carbocycles. The summed E-state index contributed by atoms with van der Waals surface area (Å²) in [5.41, 5.74) is -0.397. The lowest BCUT2D eigenvalue weighted by Gasteiger charge is -2.29. The SMILES string of the molecule is O=C1N[C@]2(C(=O)NS(=O)(=O)C3CC3)C[C@H]2/C=C\CCCCC[C@H](NCl)C(=O)N2C[C@H](OC(=O)N3Cc4cccc(F)c4C3)C[C@@H]12. The molecule has 45 heavy (non-hydrogen) atoms. The Balaban J connectivity index is 1.22. The number of fused-ring (bicyclic) bond motifs is 3. The van der Waals surface area contributed by atoms with E-state index < -0.39 is 74.5 Å². The Morgan fingerprint density at radius 3 is 2.64 bits per heavy atom. The van der Waals surface area contributed by atoms with Crippen LogP contribution < -0.4 is 14.9 Å². The fourth-order valence-electron chi connectivity index (χ4n) is 6.54. The summed E-state index contributed by atoms with van der Waals surface area (Å²) in [6, 6.07) is 2.73. The first kappa shape index (κ1) is 31.7. The molecule has 5 aliphatic rings. The van der Waals surface area contributed by atoms with Crippen molar-refractivity contribution in [1.29, 1.82) is 0 Å². The lowest BCUT2D eigenvalue weighted by Crippen LogP contribution is -2.57. The molecule has 1 aromatic rings. The van der Waals surface area contributed by atoms with Crippen LogP contribution in [-0.4, -0.2) is 77.6 Å². The Morgan fingerprint density at radius 1 is 1.11 bits per heavy atom. The van der Waals surface area contributed by atoms with Crippen molar-refractivity contribution in [3.63, 3.8) is 0 Å². The number of allylic oxidation sites excluding steroid dienone is 1. The second-order valence-corrected chi connectivity index (χ2v) is 14.8. The van der Waals surface area contributed by atoms with Crippen molar-refractivity contribution in [2.24, 2.45) is 5.92 Å². The smallest absolute Gasteiger partial charge is 0.410 e. The van der Waals surface area contributed by atoms with Gasteiger partial charge in [-0.25, -0.2) is 22.4 Å². The molecule has 3 heterocycles. The number of rotatable bonds is 5. The van der Waals surface area contributed by atoms with E-state index in [4.69, 9.17) is 16.5 Å². The molecule has 0 aromatic heterocycles. The van der Waals surface area contributed by atoms with E-state index in [-0.39, 0.29) is 32.5 Å². The number of carbonyl (C=O) groups excluding carboxylic acids is 4. The van der Waals surface area contributed by atoms with Crippen molar-refractivity contribution in [2.45, 2.75) is 99.9 Å². The van der Waals surface area contributed by atoms with E-state index in [0.717, 1.165) is 19.3 Å². The summed E-state index contributed by atoms with van der Waals surface area (Å²) in [5.74, 6) is -2.74. The van der Waals surface area contributed by atoms with Crippen LogP contribution in [-0.2, 0) is 42.2 Å². The highest BCUT2D eigenvalue weighted by Crippen LogP contribution is 2.46. The van der Waals surface area contributed by atoms with Crippen LogP contribution in [0.25, 0.3) is 0 Å². The van der Waals surface area contributed by atoms with E-state index in [1.54, 1.807) is 12.1 Å². The highest BCUT2D eigenvalue weighted by molar-refractivity contribution is 7.91. The minimum Gasteiger partial charge on any atom is -0.444 e. The average molecular weight is 666 g/mol. The van der Waals surface area contributed by atoms with Gasteiger partial charge in [0.25, 0.3) is 5.91 Å². The lowest BCUT2D eigenvalue weighted by molar-refractivity contribution is -0.141. The van der Waals surface area contributed by atoms with E-state index in [0.29, 0.717) is 36.8 Å². The molecule has 4 amide bonds. The van der Waals surface area contributed by atoms with Gasteiger partial charge in [-0.1, -0.05) is 37.1 Å². The zero-order valence-corrected chi connectivity index (χ0v) is 26.2. The van der Waals surface area contributed by atoms with Crippen LogP contribution in [0, 0.1) is 11.7 Å². The number of amides is 4. The third-order valence-corrected chi connectivity index (χ3v) is 11.5. The minimum atomic E-state index is -3.87. The van der Waals surface area contributed by atoms with E-state index in [9.17, 15) is 32.0 Å². The van der Waals surface area contributed by atoms with Crippen molar-refractivity contribution < 1.29 is 36.7 Å². The van der Waals surface area contributed by atoms with Gasteiger partial charge in [0.05, 0.1) is 18.3 Å². The minimum absolute atomic E-state index is 0.0364. The highest BCUT2D eigenvalue weighted by atomic mass is 35.5. The number of nitrogens with one attached hydrogen (secondary N) is 3. The van der Waals surface area contributed by atoms with E-state index in [2.05, 4.69) is 14.9 Å². The number of halogens is 2. The first-order valence-corrected chi connectivity index (χ1v) is 17.4. The second kappa shape index (κ2) is 12.5. The molecule has 3 aliphatic heterocycles. The molecule has 12 nitrogen and oxygen atoms in total. The first-order valence-electron chi connectivity index (χ1n) is 15.5. The number of ether oxygens (including phenoxy) is 1. The molecule has 6 rings (SSSR count). The summed E-state index contributed by atoms with van der Waals surface area (Å²) in [6.45, 7) is 0.111. The fourth-order valence-corrected chi connectivity index (χ4v) is 8.11. The summed E-state index contributed by atoms with van der Waals surface area (Å²) in [4.78, 5) is 59.4. The van der Waals surface area contributed by atoms with Crippen LogP contribution in [0.5, 0.6) is 0 Å². The number of sulfonamides is 1. The van der Waals surface area contributed by atoms with Crippen LogP contribution in [0.15, 0.2) is 30.4 Å². The molecule has 244 valence electrons. The maximum atomic E-state index is 14.3. The van der Waals surface area contributed by atoms with E-state index in [1.807, 2.05) is 12.2 Å². The standard InChI is InChI=1S/C30H37ClFN5O7S/c31-34-24-10-5-3-1-2-4-8-19-14-30(19,28(40)35-45(42,43)21-11-12-21)33-26(38)25-13-20(16-37(25)27(24)39)44-29(41)36-15-18-7-6-9-23(32)22(18)17-36/h4,6-9,19-21,24-25,34H,1-3,5,10-17H2,(H,33,38)(H,35,40)/b8-4-/t19-,20-,24+,25+,30-/m1/s1. The van der Waals surface area contributed by atoms with Crippen LogP contribution in [0.4, 0.5) is 9.18 Å². The largest absolute Gasteiger partial charge is 0.444 e. The zero-order valence-electron chi connectivity index (χ0n) is 24.7. The molecule has 1 aromatic carbocycles. The van der Waals surface area contributed by atoms with Crippen LogP contribution in [0.3, 0.4) is 0 Å².